The van der Waals surface area contributed by atoms with Crippen LogP contribution >= 0.6 is 0 Å². The maximum Gasteiger partial charge on any atom is 0.312 e. The average Bonchev–Trinajstić information content (AvgIpc) is 1.64. The Bertz CT molecular complexity index is 3430. The molecule has 0 radical (unpaired) electrons. The first-order valence-electron chi connectivity index (χ1n) is 43.8. The van der Waals surface area contributed by atoms with E-state index in [-0.39, 0.29) is 107 Å². The molecule has 2 heterocycles. The fourth-order valence-corrected chi connectivity index (χ4v) is 11.9. The van der Waals surface area contributed by atoms with Crippen molar-refractivity contribution in [3.63, 3.8) is 0 Å². The number of rotatable bonds is 84. The van der Waals surface area contributed by atoms with E-state index in [4.69, 9.17) is 105 Å². The molecule has 722 valence electrons. The topological polar surface area (TPSA) is 432 Å². The number of carbonyl (C=O) groups is 8. The number of nitrogens with zero attached hydrogens (tertiary/aromatic N) is 4. The molecular weight excluding hydrogens is 1670 g/mol. The van der Waals surface area contributed by atoms with Crippen molar-refractivity contribution in [1.29, 1.82) is 0 Å². The van der Waals surface area contributed by atoms with Crippen molar-refractivity contribution < 1.29 is 142 Å². The molecule has 0 saturated carbocycles. The Morgan fingerprint density at radius 1 is 0.457 bits per heavy atom. The van der Waals surface area contributed by atoms with Crippen LogP contribution in [-0.2, 0) is 135 Å². The standard InChI is InChI=1S/C87H142F2N10O28/c1-69(2)81(85(106)95-75(14-10-21-93-86(90)107)84(105)92-22-11-24-98(70(3)100)82(87(4,5)6)83-94-76(73-66-72(88)15-16-74(73)89)68-97(83)67-71-12-8-7-9-13-71)96-78(102)20-26-108-28-30-110-32-34-112-36-38-114-40-42-116-44-46-118-48-50-120-52-54-122-56-58-124-60-62-126-64-65-127-63-61-125-59-57-123-55-53-121-51-49-119-47-45-117-43-41-115-39-37-113-35-33-111-31-29-109-27-23-91-77(101)19-25-99-79(103)17-18-80(99)104/h7-9,12-13,15-18,66,68-69,75,81-82H,10-11,14,19-65,67H2,1-6H3,(H,91,101)(H,92,105)(H,95,106)(H,96,102)(H3,90,93,107)/t75-,81?,82-/m0/s1. The van der Waals surface area contributed by atoms with Crippen LogP contribution in [0.15, 0.2) is 66.9 Å². The number of imide groups is 1. The van der Waals surface area contributed by atoms with Gasteiger partial charge in [-0.05, 0) is 54.4 Å². The molecule has 7 N–H and O–H groups in total. The van der Waals surface area contributed by atoms with Gasteiger partial charge in [0.25, 0.3) is 11.8 Å². The first-order valence-corrected chi connectivity index (χ1v) is 43.8. The zero-order chi connectivity index (χ0) is 91.8. The number of carbonyl (C=O) groups excluding carboxylic acids is 8. The summed E-state index contributed by atoms with van der Waals surface area (Å²) in [6.45, 7) is 28.1. The van der Waals surface area contributed by atoms with Crippen LogP contribution in [0.5, 0.6) is 0 Å². The van der Waals surface area contributed by atoms with Gasteiger partial charge in [0.1, 0.15) is 29.5 Å². The van der Waals surface area contributed by atoms with E-state index in [0.717, 1.165) is 28.7 Å². The van der Waals surface area contributed by atoms with Gasteiger partial charge in [0.15, 0.2) is 0 Å². The second-order valence-corrected chi connectivity index (χ2v) is 29.9. The van der Waals surface area contributed by atoms with Crippen LogP contribution in [0.3, 0.4) is 0 Å². The lowest BCUT2D eigenvalue weighted by atomic mass is 9.84. The number of hydrogen-bond donors (Lipinski definition) is 6. The molecule has 1 unspecified atom stereocenters. The van der Waals surface area contributed by atoms with Gasteiger partial charge in [0, 0.05) is 82.9 Å². The van der Waals surface area contributed by atoms with Gasteiger partial charge in [0.2, 0.25) is 29.5 Å². The minimum atomic E-state index is -1.08. The van der Waals surface area contributed by atoms with Crippen molar-refractivity contribution >= 4 is 47.4 Å². The van der Waals surface area contributed by atoms with Crippen LogP contribution in [0.4, 0.5) is 13.6 Å². The minimum Gasteiger partial charge on any atom is -0.379 e. The second-order valence-electron chi connectivity index (χ2n) is 29.9. The Balaban J connectivity index is 0.842. The van der Waals surface area contributed by atoms with Gasteiger partial charge in [-0.1, -0.05) is 65.0 Å². The minimum absolute atomic E-state index is 0.0246. The van der Waals surface area contributed by atoms with Gasteiger partial charge < -0.3 is 137 Å². The molecule has 9 amide bonds. The molecule has 0 spiro atoms. The number of benzene rings is 2. The van der Waals surface area contributed by atoms with Crippen molar-refractivity contribution in [3.05, 3.63) is 89.9 Å². The molecule has 2 aromatic carbocycles. The molecule has 0 saturated heterocycles. The van der Waals surface area contributed by atoms with Crippen LogP contribution in [-0.4, -0.2) is 376 Å². The Morgan fingerprint density at radius 2 is 0.843 bits per heavy atom. The first-order chi connectivity index (χ1) is 61.7. The van der Waals surface area contributed by atoms with Crippen LogP contribution in [0.2, 0.25) is 0 Å². The summed E-state index contributed by atoms with van der Waals surface area (Å²) in [5, 5.41) is 13.6. The Labute approximate surface area is 745 Å². The second kappa shape index (κ2) is 72.9. The lowest BCUT2D eigenvalue weighted by molar-refractivity contribution is -0.137. The summed E-state index contributed by atoms with van der Waals surface area (Å²) in [5.41, 5.74) is 5.74. The maximum absolute atomic E-state index is 15.2. The highest BCUT2D eigenvalue weighted by atomic mass is 19.1. The molecule has 0 aliphatic carbocycles. The fraction of sp³-hybridized carbons (Fsp3) is 0.713. The van der Waals surface area contributed by atoms with Gasteiger partial charge in [-0.2, -0.15) is 0 Å². The number of primary amides is 1. The van der Waals surface area contributed by atoms with Crippen LogP contribution in [0, 0.1) is 23.0 Å². The molecule has 0 bridgehead atoms. The van der Waals surface area contributed by atoms with Gasteiger partial charge in [-0.15, -0.1) is 0 Å². The quantitative estimate of drug-likeness (QED) is 0.0347. The number of urea groups is 1. The van der Waals surface area contributed by atoms with E-state index in [1.807, 2.05) is 55.7 Å². The van der Waals surface area contributed by atoms with E-state index in [2.05, 4.69) is 26.6 Å². The largest absolute Gasteiger partial charge is 0.379 e. The predicted octanol–water partition coefficient (Wildman–Crippen LogP) is 3.55. The lowest BCUT2D eigenvalue weighted by Crippen LogP contribution is -2.55. The molecule has 3 aromatic rings. The average molecular weight is 1810 g/mol. The maximum atomic E-state index is 15.2. The summed E-state index contributed by atoms with van der Waals surface area (Å²) in [5.74, 6) is -4.11. The molecule has 1 aliphatic rings. The van der Waals surface area contributed by atoms with Crippen molar-refractivity contribution in [3.8, 4) is 11.3 Å². The predicted molar refractivity (Wildman–Crippen MR) is 460 cm³/mol. The molecule has 40 heteroatoms. The smallest absolute Gasteiger partial charge is 0.312 e. The number of aromatic nitrogens is 2. The third-order valence-electron chi connectivity index (χ3n) is 18.3. The van der Waals surface area contributed by atoms with Crippen molar-refractivity contribution in [1.82, 2.24) is 45.9 Å². The third kappa shape index (κ3) is 55.8. The van der Waals surface area contributed by atoms with Crippen LogP contribution in [0.25, 0.3) is 11.3 Å². The van der Waals surface area contributed by atoms with Crippen LogP contribution < -0.4 is 32.3 Å². The first kappa shape index (κ1) is 112. The molecule has 0 fully saturated rings. The molecular formula is C87H142F2N10O28. The summed E-state index contributed by atoms with van der Waals surface area (Å²) in [6.07, 6.45) is 4.69. The highest BCUT2D eigenvalue weighted by Crippen LogP contribution is 2.40. The van der Waals surface area contributed by atoms with Gasteiger partial charge in [0.05, 0.1) is 276 Å². The summed E-state index contributed by atoms with van der Waals surface area (Å²) in [6, 6.07) is 9.22. The Kier molecular flexibility index (Phi) is 64.1. The molecule has 3 atom stereocenters. The normalized spacial score (nSPS) is 12.9. The number of imidazole rings is 1. The number of nitrogens with two attached hydrogens (primary N) is 1. The van der Waals surface area contributed by atoms with Crippen molar-refractivity contribution in [2.24, 2.45) is 17.1 Å². The fourth-order valence-electron chi connectivity index (χ4n) is 11.9. The van der Waals surface area contributed by atoms with E-state index in [1.54, 1.807) is 24.9 Å². The zero-order valence-electron chi connectivity index (χ0n) is 75.3. The third-order valence-corrected chi connectivity index (χ3v) is 18.3. The highest BCUT2D eigenvalue weighted by Gasteiger charge is 2.38. The van der Waals surface area contributed by atoms with Gasteiger partial charge >= 0.3 is 6.03 Å². The Hall–Kier alpha value is -7.79. The molecule has 38 nitrogen and oxygen atoms in total. The number of nitrogens with one attached hydrogen (secondary N) is 5. The highest BCUT2D eigenvalue weighted by molar-refractivity contribution is 6.13. The monoisotopic (exact) mass is 1810 g/mol. The van der Waals surface area contributed by atoms with Crippen molar-refractivity contribution in [2.75, 3.05) is 297 Å². The van der Waals surface area contributed by atoms with E-state index in [1.165, 1.54) is 19.1 Å². The number of halogens is 2. The van der Waals surface area contributed by atoms with E-state index in [0.29, 0.717) is 263 Å². The van der Waals surface area contributed by atoms with E-state index >= 15 is 4.39 Å². The molecule has 1 aromatic heterocycles. The van der Waals surface area contributed by atoms with E-state index in [9.17, 15) is 42.7 Å². The van der Waals surface area contributed by atoms with E-state index < -0.39 is 70.7 Å². The van der Waals surface area contributed by atoms with Crippen molar-refractivity contribution in [2.45, 2.75) is 98.3 Å². The van der Waals surface area contributed by atoms with Gasteiger partial charge in [-0.25, -0.2) is 18.6 Å². The van der Waals surface area contributed by atoms with Crippen LogP contribution in [0.1, 0.15) is 91.1 Å². The zero-order valence-corrected chi connectivity index (χ0v) is 75.3. The summed E-state index contributed by atoms with van der Waals surface area (Å²) in [4.78, 5) is 108. The molecule has 1 aliphatic heterocycles. The summed E-state index contributed by atoms with van der Waals surface area (Å²) in [7, 11) is 0. The SMILES string of the molecule is CC(=O)N(CCCNC(=O)[C@H](CCCNC(N)=O)NC(=O)C(NC(=O)CCOCCOCCOCCOCCOCCOCCOCCOCCOCCOCCOCCOCCOCCOCCOCCOCCOCCOCCOCCOCCNC(=O)CCN1C(=O)C=CC1=O)C(C)C)[C@@H](c1nc(-c2cc(F)ccc2F)cn1Cc1ccccc1)C(C)(C)C. The summed E-state index contributed by atoms with van der Waals surface area (Å²) >= 11 is 0. The number of ether oxygens (including phenoxy) is 20. The van der Waals surface area contributed by atoms with Gasteiger partial charge in [-0.3, -0.25) is 38.5 Å². The molecule has 127 heavy (non-hydrogen) atoms. The number of amides is 9. The molecule has 4 rings (SSSR count). The number of hydrogen-bond acceptors (Lipinski definition) is 29. The lowest BCUT2D eigenvalue weighted by Gasteiger charge is -2.39. The Morgan fingerprint density at radius 3 is 1.22 bits per heavy atom. The summed E-state index contributed by atoms with van der Waals surface area (Å²) < 4.78 is 142.